The number of tetrazole rings is 1. The van der Waals surface area contributed by atoms with Crippen molar-refractivity contribution in [1.29, 1.82) is 0 Å². The molecule has 42 heavy (non-hydrogen) atoms. The Hall–Kier alpha value is -5.06. The van der Waals surface area contributed by atoms with Gasteiger partial charge in [-0.1, -0.05) is 54.6 Å². The topological polar surface area (TPSA) is 145 Å². The predicted octanol–water partition coefficient (Wildman–Crippen LogP) is 4.15. The van der Waals surface area contributed by atoms with Crippen LogP contribution in [0.15, 0.2) is 72.8 Å². The van der Waals surface area contributed by atoms with E-state index in [0.29, 0.717) is 29.2 Å². The molecule has 11 heteroatoms. The highest BCUT2D eigenvalue weighted by Gasteiger charge is 2.37. The minimum Gasteiger partial charge on any atom is -0.350 e. The van der Waals surface area contributed by atoms with E-state index < -0.39 is 17.6 Å². The molecule has 4 amide bonds. The molecular formula is C31H34N8O3. The third-order valence-electron chi connectivity index (χ3n) is 6.95. The molecule has 1 aromatic heterocycles. The van der Waals surface area contributed by atoms with Gasteiger partial charge in [-0.15, -0.1) is 5.10 Å². The molecule has 0 radical (unpaired) electrons. The van der Waals surface area contributed by atoms with E-state index in [1.165, 1.54) is 4.90 Å². The third-order valence-corrected chi connectivity index (χ3v) is 6.95. The summed E-state index contributed by atoms with van der Waals surface area (Å²) in [5.74, 6) is -0.390. The number of carbonyl (C=O) groups is 3. The number of nitrogens with one attached hydrogen (secondary N) is 4. The first kappa shape index (κ1) is 28.5. The molecule has 3 aromatic carbocycles. The van der Waals surface area contributed by atoms with Gasteiger partial charge in [0, 0.05) is 28.4 Å². The fourth-order valence-electron chi connectivity index (χ4n) is 5.19. The van der Waals surface area contributed by atoms with E-state index in [-0.39, 0.29) is 24.3 Å². The molecule has 2 atom stereocenters. The van der Waals surface area contributed by atoms with Crippen molar-refractivity contribution < 1.29 is 14.4 Å². The molecule has 216 valence electrons. The molecule has 0 saturated heterocycles. The molecule has 0 spiro atoms. The van der Waals surface area contributed by atoms with Crippen LogP contribution in [0.2, 0.25) is 0 Å². The van der Waals surface area contributed by atoms with Gasteiger partial charge >= 0.3 is 6.03 Å². The lowest BCUT2D eigenvalue weighted by Crippen LogP contribution is -2.53. The van der Waals surface area contributed by atoms with Gasteiger partial charge in [0.25, 0.3) is 0 Å². The summed E-state index contributed by atoms with van der Waals surface area (Å²) in [5.41, 5.74) is 4.27. The number of aromatic nitrogens is 4. The molecule has 0 aliphatic carbocycles. The Morgan fingerprint density at radius 2 is 1.81 bits per heavy atom. The lowest BCUT2D eigenvalue weighted by molar-refractivity contribution is -0.125. The zero-order chi connectivity index (χ0) is 29.9. The number of amides is 4. The van der Waals surface area contributed by atoms with Gasteiger partial charge in [-0.2, -0.15) is 0 Å². The van der Waals surface area contributed by atoms with Crippen molar-refractivity contribution in [2.24, 2.45) is 0 Å². The summed E-state index contributed by atoms with van der Waals surface area (Å²) in [4.78, 5) is 42.1. The van der Waals surface area contributed by atoms with Gasteiger partial charge in [-0.05, 0) is 79.4 Å². The molecule has 11 nitrogen and oxygen atoms in total. The van der Waals surface area contributed by atoms with Crippen LogP contribution < -0.4 is 20.9 Å². The molecule has 1 aliphatic heterocycles. The quantitative estimate of drug-likeness (QED) is 0.276. The normalized spacial score (nSPS) is 16.8. The summed E-state index contributed by atoms with van der Waals surface area (Å²) in [6, 6.07) is 21.4. The largest absolute Gasteiger partial charge is 0.350 e. The molecule has 5 rings (SSSR count). The Bertz CT molecular complexity index is 1580. The van der Waals surface area contributed by atoms with Crippen LogP contribution in [0.3, 0.4) is 0 Å². The Morgan fingerprint density at radius 3 is 2.52 bits per heavy atom. The average molecular weight is 567 g/mol. The van der Waals surface area contributed by atoms with Crippen LogP contribution >= 0.6 is 0 Å². The third kappa shape index (κ3) is 6.63. The number of anilines is 2. The number of rotatable bonds is 6. The highest BCUT2D eigenvalue weighted by molar-refractivity contribution is 6.05. The zero-order valence-electron chi connectivity index (χ0n) is 24.0. The van der Waals surface area contributed by atoms with Crippen molar-refractivity contribution in [3.63, 3.8) is 0 Å². The van der Waals surface area contributed by atoms with Gasteiger partial charge in [-0.25, -0.2) is 9.89 Å². The first-order valence-electron chi connectivity index (χ1n) is 13.8. The molecule has 0 saturated carbocycles. The van der Waals surface area contributed by atoms with E-state index >= 15 is 0 Å². The molecule has 2 unspecified atom stereocenters. The lowest BCUT2D eigenvalue weighted by atomic mass is 9.85. The number of nitrogens with zero attached hydrogens (tertiary/aromatic N) is 4. The number of benzene rings is 3. The number of hydrogen-bond donors (Lipinski definition) is 4. The van der Waals surface area contributed by atoms with Gasteiger partial charge in [0.05, 0.1) is 0 Å². The Kier molecular flexibility index (Phi) is 8.01. The second-order valence-electron chi connectivity index (χ2n) is 11.5. The van der Waals surface area contributed by atoms with E-state index in [1.54, 1.807) is 18.2 Å². The van der Waals surface area contributed by atoms with Crippen LogP contribution in [0.25, 0.3) is 11.4 Å². The van der Waals surface area contributed by atoms with Crippen LogP contribution in [-0.2, 0) is 9.59 Å². The van der Waals surface area contributed by atoms with E-state index in [9.17, 15) is 14.4 Å². The summed E-state index contributed by atoms with van der Waals surface area (Å²) < 4.78 is 0. The summed E-state index contributed by atoms with van der Waals surface area (Å²) in [7, 11) is 0. The molecule has 2 heterocycles. The number of aromatic amines is 1. The van der Waals surface area contributed by atoms with E-state index in [0.717, 1.165) is 16.7 Å². The summed E-state index contributed by atoms with van der Waals surface area (Å²) in [6.07, 6.45) is 0.313. The maximum absolute atomic E-state index is 14.2. The van der Waals surface area contributed by atoms with Gasteiger partial charge in [0.2, 0.25) is 11.8 Å². The zero-order valence-corrected chi connectivity index (χ0v) is 24.0. The first-order valence-corrected chi connectivity index (χ1v) is 13.8. The Balaban J connectivity index is 1.47. The van der Waals surface area contributed by atoms with Crippen LogP contribution in [-0.4, -0.2) is 56.6 Å². The van der Waals surface area contributed by atoms with Gasteiger partial charge < -0.3 is 20.9 Å². The van der Waals surface area contributed by atoms with Crippen LogP contribution in [0.1, 0.15) is 49.8 Å². The highest BCUT2D eigenvalue weighted by Crippen LogP contribution is 2.39. The maximum atomic E-state index is 14.2. The van der Waals surface area contributed by atoms with Crippen molar-refractivity contribution in [2.75, 3.05) is 16.8 Å². The van der Waals surface area contributed by atoms with Crippen molar-refractivity contribution in [3.8, 4) is 11.4 Å². The van der Waals surface area contributed by atoms with Crippen molar-refractivity contribution in [3.05, 3.63) is 89.5 Å². The molecular weight excluding hydrogens is 532 g/mol. The summed E-state index contributed by atoms with van der Waals surface area (Å²) in [6.45, 7) is 7.44. The van der Waals surface area contributed by atoms with Crippen LogP contribution in [0, 0.1) is 6.92 Å². The number of aryl methyl sites for hydroxylation is 1. The molecule has 4 N–H and O–H groups in total. The smallest absolute Gasteiger partial charge is 0.319 e. The predicted molar refractivity (Wildman–Crippen MR) is 160 cm³/mol. The van der Waals surface area contributed by atoms with Crippen LogP contribution in [0.4, 0.5) is 16.2 Å². The van der Waals surface area contributed by atoms with Gasteiger partial charge in [0.1, 0.15) is 12.6 Å². The first-order chi connectivity index (χ1) is 20.1. The Morgan fingerprint density at radius 1 is 1.02 bits per heavy atom. The fraction of sp³-hybridized carbons (Fsp3) is 0.290. The SMILES string of the molecule is Cc1ccc2c(c1)N(CC(=O)NC(C)(C)C)C(=O)C(NC(=O)Nc1cccc(-c3nnn[nH]3)c1)CC2c1ccccc1. The second kappa shape index (κ2) is 11.8. The summed E-state index contributed by atoms with van der Waals surface area (Å²) in [5, 5.41) is 22.5. The van der Waals surface area contributed by atoms with Gasteiger partial charge in [0.15, 0.2) is 5.82 Å². The molecule has 4 aromatic rings. The summed E-state index contributed by atoms with van der Waals surface area (Å²) >= 11 is 0. The molecule has 0 bridgehead atoms. The maximum Gasteiger partial charge on any atom is 0.319 e. The molecule has 1 aliphatic rings. The van der Waals surface area contributed by atoms with Crippen molar-refractivity contribution >= 4 is 29.2 Å². The van der Waals surface area contributed by atoms with E-state index in [2.05, 4.69) is 36.6 Å². The lowest BCUT2D eigenvalue weighted by Gasteiger charge is -2.28. The monoisotopic (exact) mass is 566 g/mol. The standard InChI is InChI=1S/C31H34N8O3/c1-19-13-14-23-24(20-9-6-5-7-10-20)17-25(29(41)39(26(23)15-19)18-27(40)34-31(2,3)4)33-30(42)32-22-12-8-11-21(16-22)28-35-37-38-36-28/h5-16,24-25H,17-18H2,1-4H3,(H,34,40)(H2,32,33,42)(H,35,36,37,38). The number of fused-ring (bicyclic) bond motifs is 1. The van der Waals surface area contributed by atoms with Crippen molar-refractivity contribution in [1.82, 2.24) is 31.3 Å². The second-order valence-corrected chi connectivity index (χ2v) is 11.5. The van der Waals surface area contributed by atoms with E-state index in [4.69, 9.17) is 0 Å². The van der Waals surface area contributed by atoms with Gasteiger partial charge in [-0.3, -0.25) is 9.59 Å². The van der Waals surface area contributed by atoms with E-state index in [1.807, 2.05) is 82.3 Å². The average Bonchev–Trinajstić information content (AvgIpc) is 3.46. The Labute approximate surface area is 244 Å². The minimum atomic E-state index is -0.910. The highest BCUT2D eigenvalue weighted by atomic mass is 16.2. The molecule has 0 fully saturated rings. The number of H-pyrrole nitrogens is 1. The number of urea groups is 1. The fourth-order valence-corrected chi connectivity index (χ4v) is 5.19. The van der Waals surface area contributed by atoms with Crippen LogP contribution in [0.5, 0.6) is 0 Å². The number of hydrogen-bond acceptors (Lipinski definition) is 6. The minimum absolute atomic E-state index is 0.179. The van der Waals surface area contributed by atoms with Crippen molar-refractivity contribution in [2.45, 2.75) is 51.6 Å². The number of carbonyl (C=O) groups excluding carboxylic acids is 3.